The van der Waals surface area contributed by atoms with E-state index in [2.05, 4.69) is 40.3 Å². The van der Waals surface area contributed by atoms with Crippen molar-refractivity contribution in [3.63, 3.8) is 0 Å². The van der Waals surface area contributed by atoms with E-state index in [0.29, 0.717) is 6.04 Å². The van der Waals surface area contributed by atoms with E-state index in [-0.39, 0.29) is 18.0 Å². The van der Waals surface area contributed by atoms with Crippen molar-refractivity contribution in [2.45, 2.75) is 57.2 Å². The molecule has 3 nitrogen and oxygen atoms in total. The van der Waals surface area contributed by atoms with Crippen molar-refractivity contribution in [1.82, 2.24) is 10.6 Å². The first-order chi connectivity index (χ1) is 11.7. The molecule has 0 unspecified atom stereocenters. The minimum Gasteiger partial charge on any atom is -0.352 e. The Kier molecular flexibility index (Phi) is 6.05. The van der Waals surface area contributed by atoms with Crippen LogP contribution in [0.1, 0.15) is 55.5 Å². The summed E-state index contributed by atoms with van der Waals surface area (Å²) in [6.07, 6.45) is 5.99. The van der Waals surface area contributed by atoms with Gasteiger partial charge in [0.1, 0.15) is 0 Å². The van der Waals surface area contributed by atoms with Crippen LogP contribution in [0, 0.1) is 0 Å². The highest BCUT2D eigenvalue weighted by Crippen LogP contribution is 2.26. The van der Waals surface area contributed by atoms with Gasteiger partial charge >= 0.3 is 0 Å². The van der Waals surface area contributed by atoms with Gasteiger partial charge < -0.3 is 5.32 Å². The lowest BCUT2D eigenvalue weighted by Crippen LogP contribution is -2.47. The third-order valence-corrected chi connectivity index (χ3v) is 5.66. The molecule has 128 valence electrons. The van der Waals surface area contributed by atoms with Crippen molar-refractivity contribution in [1.29, 1.82) is 0 Å². The first-order valence-corrected chi connectivity index (χ1v) is 9.77. The number of amides is 1. The van der Waals surface area contributed by atoms with Crippen molar-refractivity contribution >= 4 is 17.2 Å². The zero-order valence-electron chi connectivity index (χ0n) is 14.2. The molecule has 0 spiro atoms. The highest BCUT2D eigenvalue weighted by molar-refractivity contribution is 7.10. The highest BCUT2D eigenvalue weighted by atomic mass is 32.1. The molecule has 3 rings (SSSR count). The molecule has 1 amide bonds. The molecule has 0 radical (unpaired) electrons. The first-order valence-electron chi connectivity index (χ1n) is 8.89. The zero-order chi connectivity index (χ0) is 16.8. The summed E-state index contributed by atoms with van der Waals surface area (Å²) in [6.45, 7) is 1.96. The van der Waals surface area contributed by atoms with Crippen molar-refractivity contribution in [3.05, 3.63) is 58.3 Å². The minimum atomic E-state index is -0.223. The van der Waals surface area contributed by atoms with E-state index in [0.717, 1.165) is 12.8 Å². The zero-order valence-corrected chi connectivity index (χ0v) is 15.0. The van der Waals surface area contributed by atoms with Gasteiger partial charge in [-0.2, -0.15) is 0 Å². The van der Waals surface area contributed by atoms with Crippen LogP contribution in [0.4, 0.5) is 0 Å². The maximum Gasteiger partial charge on any atom is 0.237 e. The predicted octanol–water partition coefficient (Wildman–Crippen LogP) is 4.26. The predicted molar refractivity (Wildman–Crippen MR) is 100 cm³/mol. The third-order valence-electron chi connectivity index (χ3n) is 4.72. The van der Waals surface area contributed by atoms with E-state index in [1.54, 1.807) is 11.3 Å². The molecule has 1 aliphatic rings. The molecule has 2 atom stereocenters. The van der Waals surface area contributed by atoms with Crippen molar-refractivity contribution in [3.8, 4) is 0 Å². The van der Waals surface area contributed by atoms with Gasteiger partial charge in [0, 0.05) is 10.9 Å². The Bertz CT molecular complexity index is 620. The van der Waals surface area contributed by atoms with Crippen molar-refractivity contribution in [2.24, 2.45) is 0 Å². The number of carbonyl (C=O) groups excluding carboxylic acids is 1. The van der Waals surface area contributed by atoms with Gasteiger partial charge in [-0.15, -0.1) is 11.3 Å². The Labute approximate surface area is 148 Å². The Balaban J connectivity index is 1.66. The van der Waals surface area contributed by atoms with Crippen molar-refractivity contribution in [2.75, 3.05) is 0 Å². The number of benzene rings is 1. The molecule has 4 heteroatoms. The van der Waals surface area contributed by atoms with Gasteiger partial charge in [-0.25, -0.2) is 0 Å². The molecule has 0 aliphatic heterocycles. The fourth-order valence-electron chi connectivity index (χ4n) is 3.34. The van der Waals surface area contributed by atoms with Crippen LogP contribution < -0.4 is 10.6 Å². The summed E-state index contributed by atoms with van der Waals surface area (Å²) in [4.78, 5) is 13.8. The van der Waals surface area contributed by atoms with Crippen molar-refractivity contribution < 1.29 is 4.79 Å². The van der Waals surface area contributed by atoms with E-state index in [4.69, 9.17) is 0 Å². The molecule has 2 aromatic rings. The van der Waals surface area contributed by atoms with E-state index in [1.807, 2.05) is 25.1 Å². The fraction of sp³-hybridized carbons (Fsp3) is 0.450. The van der Waals surface area contributed by atoms with Crippen LogP contribution in [0.15, 0.2) is 47.8 Å². The van der Waals surface area contributed by atoms with E-state index in [9.17, 15) is 4.79 Å². The summed E-state index contributed by atoms with van der Waals surface area (Å²) >= 11 is 1.72. The summed E-state index contributed by atoms with van der Waals surface area (Å²) in [6, 6.07) is 14.7. The second-order valence-corrected chi connectivity index (χ2v) is 7.57. The molecule has 1 aliphatic carbocycles. The van der Waals surface area contributed by atoms with Gasteiger partial charge in [-0.05, 0) is 36.8 Å². The number of rotatable bonds is 6. The molecule has 1 heterocycles. The smallest absolute Gasteiger partial charge is 0.237 e. The average molecular weight is 343 g/mol. The lowest BCUT2D eigenvalue weighted by Gasteiger charge is -2.27. The van der Waals surface area contributed by atoms with E-state index < -0.39 is 0 Å². The quantitative estimate of drug-likeness (QED) is 0.823. The number of hydrogen-bond donors (Lipinski definition) is 2. The molecule has 1 fully saturated rings. The fourth-order valence-corrected chi connectivity index (χ4v) is 4.15. The summed E-state index contributed by atoms with van der Waals surface area (Å²) in [5.41, 5.74) is 1.19. The van der Waals surface area contributed by atoms with Crippen LogP contribution in [0.2, 0.25) is 0 Å². The van der Waals surface area contributed by atoms with E-state index in [1.165, 1.54) is 29.7 Å². The summed E-state index contributed by atoms with van der Waals surface area (Å²) in [5.74, 6) is 0.111. The Morgan fingerprint density at radius 3 is 2.50 bits per heavy atom. The van der Waals surface area contributed by atoms with Gasteiger partial charge in [0.05, 0.1) is 12.1 Å². The lowest BCUT2D eigenvalue weighted by atomic mass is 9.95. The molecule has 1 aromatic carbocycles. The minimum absolute atomic E-state index is 0.0540. The van der Waals surface area contributed by atoms with Gasteiger partial charge in [0.2, 0.25) is 5.91 Å². The number of nitrogens with one attached hydrogen (secondary N) is 2. The Morgan fingerprint density at radius 1 is 1.08 bits per heavy atom. The molecule has 2 N–H and O–H groups in total. The Morgan fingerprint density at radius 2 is 1.83 bits per heavy atom. The largest absolute Gasteiger partial charge is 0.352 e. The third kappa shape index (κ3) is 4.46. The standard InChI is InChI=1S/C20H26N2OS/c1-15(20(23)22-17-11-6-3-7-12-17)21-19(18-13-8-14-24-18)16-9-4-2-5-10-16/h2,4-5,8-10,13-15,17,19,21H,3,6-7,11-12H2,1H3,(H,22,23)/t15-,19+/m1/s1. The first kappa shape index (κ1) is 17.2. The monoisotopic (exact) mass is 342 g/mol. The normalized spacial score (nSPS) is 18.0. The summed E-state index contributed by atoms with van der Waals surface area (Å²) < 4.78 is 0. The van der Waals surface area contributed by atoms with Gasteiger partial charge in [-0.3, -0.25) is 10.1 Å². The van der Waals surface area contributed by atoms with Crippen LogP contribution in [0.5, 0.6) is 0 Å². The maximum absolute atomic E-state index is 12.6. The van der Waals surface area contributed by atoms with Gasteiger partial charge in [-0.1, -0.05) is 55.7 Å². The second kappa shape index (κ2) is 8.45. The van der Waals surface area contributed by atoms with Crippen LogP contribution in [-0.2, 0) is 4.79 Å². The molecule has 24 heavy (non-hydrogen) atoms. The lowest BCUT2D eigenvalue weighted by molar-refractivity contribution is -0.123. The van der Waals surface area contributed by atoms with Crippen LogP contribution in [0.25, 0.3) is 0 Å². The van der Waals surface area contributed by atoms with Crippen LogP contribution >= 0.6 is 11.3 Å². The van der Waals surface area contributed by atoms with Crippen LogP contribution in [0.3, 0.4) is 0 Å². The summed E-state index contributed by atoms with van der Waals surface area (Å²) in [7, 11) is 0. The molecule has 0 saturated heterocycles. The molecular weight excluding hydrogens is 316 g/mol. The van der Waals surface area contributed by atoms with Crippen LogP contribution in [-0.4, -0.2) is 18.0 Å². The topological polar surface area (TPSA) is 41.1 Å². The SMILES string of the molecule is C[C@@H](N[C@@H](c1ccccc1)c1cccs1)C(=O)NC1CCCCC1. The molecule has 1 aromatic heterocycles. The van der Waals surface area contributed by atoms with Gasteiger partial charge in [0.15, 0.2) is 0 Å². The second-order valence-electron chi connectivity index (χ2n) is 6.59. The highest BCUT2D eigenvalue weighted by Gasteiger charge is 2.23. The molecular formula is C20H26N2OS. The summed E-state index contributed by atoms with van der Waals surface area (Å²) in [5, 5.41) is 8.83. The van der Waals surface area contributed by atoms with E-state index >= 15 is 0 Å². The number of thiophene rings is 1. The number of carbonyl (C=O) groups is 1. The Hall–Kier alpha value is -1.65. The van der Waals surface area contributed by atoms with Gasteiger partial charge in [0.25, 0.3) is 0 Å². The maximum atomic E-state index is 12.6. The molecule has 0 bridgehead atoms. The molecule has 1 saturated carbocycles. The average Bonchev–Trinajstić information content (AvgIpc) is 3.15. The number of hydrogen-bond acceptors (Lipinski definition) is 3.